The van der Waals surface area contributed by atoms with Gasteiger partial charge in [-0.15, -0.1) is 0 Å². The lowest BCUT2D eigenvalue weighted by atomic mass is 10.2. The van der Waals surface area contributed by atoms with Gasteiger partial charge in [0.15, 0.2) is 0 Å². The van der Waals surface area contributed by atoms with Gasteiger partial charge in [0.1, 0.15) is 0 Å². The number of piperidine rings is 1. The van der Waals surface area contributed by atoms with Crippen LogP contribution in [0.2, 0.25) is 0 Å². The molecule has 0 aromatic carbocycles. The zero-order valence-electron chi connectivity index (χ0n) is 10.6. The van der Waals surface area contributed by atoms with Crippen molar-refractivity contribution in [2.75, 3.05) is 19.6 Å². The summed E-state index contributed by atoms with van der Waals surface area (Å²) in [5, 5.41) is 2.94. The molecule has 5 heteroatoms. The lowest BCUT2D eigenvalue weighted by Crippen LogP contribution is -2.48. The third-order valence-corrected chi connectivity index (χ3v) is 5.91. The molecule has 0 saturated carbocycles. The number of hydrogen-bond donors (Lipinski definition) is 1. The minimum Gasteiger partial charge on any atom is -0.315 e. The predicted molar refractivity (Wildman–Crippen MR) is 66.9 cm³/mol. The molecule has 0 aromatic rings. The topological polar surface area (TPSA) is 49.4 Å². The Balaban J connectivity index is 2.80. The molecule has 4 nitrogen and oxygen atoms in total. The van der Waals surface area contributed by atoms with Crippen molar-refractivity contribution in [2.45, 2.75) is 51.3 Å². The summed E-state index contributed by atoms with van der Waals surface area (Å²) < 4.78 is 26.5. The van der Waals surface area contributed by atoms with Crippen LogP contribution in [0.25, 0.3) is 0 Å². The van der Waals surface area contributed by atoms with E-state index in [1.807, 2.05) is 20.8 Å². The van der Waals surface area contributed by atoms with E-state index in [9.17, 15) is 8.42 Å². The molecule has 1 aliphatic rings. The van der Waals surface area contributed by atoms with E-state index in [4.69, 9.17) is 0 Å². The van der Waals surface area contributed by atoms with E-state index in [2.05, 4.69) is 5.32 Å². The van der Waals surface area contributed by atoms with Crippen LogP contribution in [0, 0.1) is 0 Å². The van der Waals surface area contributed by atoms with Crippen molar-refractivity contribution >= 4 is 10.0 Å². The van der Waals surface area contributed by atoms with E-state index < -0.39 is 10.0 Å². The Morgan fingerprint density at radius 2 is 2.12 bits per heavy atom. The normalized spacial score (nSPS) is 24.6. The predicted octanol–water partition coefficient (Wildman–Crippen LogP) is 1.19. The van der Waals surface area contributed by atoms with Gasteiger partial charge in [0.25, 0.3) is 0 Å². The number of hydrogen-bond acceptors (Lipinski definition) is 3. The van der Waals surface area contributed by atoms with Gasteiger partial charge in [0.05, 0.1) is 5.25 Å². The van der Waals surface area contributed by atoms with Gasteiger partial charge in [0, 0.05) is 19.1 Å². The van der Waals surface area contributed by atoms with Crippen LogP contribution in [0.5, 0.6) is 0 Å². The first-order valence-electron chi connectivity index (χ1n) is 6.25. The highest BCUT2D eigenvalue weighted by molar-refractivity contribution is 7.89. The van der Waals surface area contributed by atoms with Gasteiger partial charge in [-0.1, -0.05) is 13.8 Å². The van der Waals surface area contributed by atoms with Gasteiger partial charge < -0.3 is 5.32 Å². The van der Waals surface area contributed by atoms with Crippen molar-refractivity contribution in [1.82, 2.24) is 9.62 Å². The molecular formula is C11H24N2O2S. The summed E-state index contributed by atoms with van der Waals surface area (Å²) in [6, 6.07) is 0.108. The summed E-state index contributed by atoms with van der Waals surface area (Å²) in [5.74, 6) is 0. The third-order valence-electron chi connectivity index (χ3n) is 3.39. The highest BCUT2D eigenvalue weighted by Crippen LogP contribution is 2.19. The highest BCUT2D eigenvalue weighted by atomic mass is 32.2. The smallest absolute Gasteiger partial charge is 0.218 e. The van der Waals surface area contributed by atoms with Crippen LogP contribution in [0.15, 0.2) is 0 Å². The Morgan fingerprint density at radius 3 is 2.56 bits per heavy atom. The largest absolute Gasteiger partial charge is 0.315 e. The lowest BCUT2D eigenvalue weighted by molar-refractivity contribution is 0.332. The zero-order chi connectivity index (χ0) is 12.2. The molecule has 96 valence electrons. The average molecular weight is 248 g/mol. The van der Waals surface area contributed by atoms with E-state index in [1.54, 1.807) is 4.31 Å². The zero-order valence-corrected chi connectivity index (χ0v) is 11.4. The molecule has 0 bridgehead atoms. The summed E-state index contributed by atoms with van der Waals surface area (Å²) >= 11 is 0. The van der Waals surface area contributed by atoms with Gasteiger partial charge in [0.2, 0.25) is 10.0 Å². The molecule has 1 aliphatic heterocycles. The molecule has 2 atom stereocenters. The van der Waals surface area contributed by atoms with Gasteiger partial charge >= 0.3 is 0 Å². The maximum absolute atomic E-state index is 12.4. The second kappa shape index (κ2) is 5.98. The van der Waals surface area contributed by atoms with Crippen LogP contribution >= 0.6 is 0 Å². The maximum atomic E-state index is 12.4. The van der Waals surface area contributed by atoms with Crippen LogP contribution in [0.1, 0.15) is 40.0 Å². The van der Waals surface area contributed by atoms with Crippen LogP contribution < -0.4 is 5.32 Å². The van der Waals surface area contributed by atoms with Crippen molar-refractivity contribution in [1.29, 1.82) is 0 Å². The summed E-state index contributed by atoms with van der Waals surface area (Å²) in [5.41, 5.74) is 0. The monoisotopic (exact) mass is 248 g/mol. The molecule has 0 aromatic heterocycles. The Labute approximate surface area is 99.5 Å². The van der Waals surface area contributed by atoms with Gasteiger partial charge in [-0.25, -0.2) is 8.42 Å². The second-order valence-electron chi connectivity index (χ2n) is 4.47. The van der Waals surface area contributed by atoms with E-state index in [-0.39, 0.29) is 11.3 Å². The summed E-state index contributed by atoms with van der Waals surface area (Å²) in [4.78, 5) is 0. The van der Waals surface area contributed by atoms with Crippen LogP contribution in [-0.2, 0) is 10.0 Å². The molecule has 1 saturated heterocycles. The highest BCUT2D eigenvalue weighted by Gasteiger charge is 2.34. The fourth-order valence-corrected chi connectivity index (χ4v) is 4.40. The molecule has 0 amide bonds. The molecule has 2 unspecified atom stereocenters. The maximum Gasteiger partial charge on any atom is 0.218 e. The molecule has 1 fully saturated rings. The minimum atomic E-state index is -3.11. The third kappa shape index (κ3) is 2.96. The Kier molecular flexibility index (Phi) is 5.21. The van der Waals surface area contributed by atoms with E-state index in [0.29, 0.717) is 13.1 Å². The molecule has 0 aliphatic carbocycles. The molecule has 16 heavy (non-hydrogen) atoms. The fraction of sp³-hybridized carbons (Fsp3) is 1.00. The quantitative estimate of drug-likeness (QED) is 0.795. The van der Waals surface area contributed by atoms with Crippen molar-refractivity contribution in [3.8, 4) is 0 Å². The van der Waals surface area contributed by atoms with Gasteiger partial charge in [-0.3, -0.25) is 0 Å². The second-order valence-corrected chi connectivity index (χ2v) is 6.64. The molecular weight excluding hydrogens is 224 g/mol. The summed E-state index contributed by atoms with van der Waals surface area (Å²) in [7, 11) is -3.11. The first-order chi connectivity index (χ1) is 7.54. The number of rotatable bonds is 5. The molecule has 1 heterocycles. The first kappa shape index (κ1) is 13.9. The van der Waals surface area contributed by atoms with E-state index >= 15 is 0 Å². The molecule has 0 spiro atoms. The first-order valence-corrected chi connectivity index (χ1v) is 7.75. The van der Waals surface area contributed by atoms with Crippen molar-refractivity contribution < 1.29 is 8.42 Å². The van der Waals surface area contributed by atoms with Gasteiger partial charge in [-0.2, -0.15) is 4.31 Å². The van der Waals surface area contributed by atoms with Crippen molar-refractivity contribution in [3.63, 3.8) is 0 Å². The van der Waals surface area contributed by atoms with Gasteiger partial charge in [-0.05, 0) is 32.7 Å². The number of nitrogens with one attached hydrogen (secondary N) is 1. The molecule has 1 N–H and O–H groups in total. The Morgan fingerprint density at radius 1 is 1.44 bits per heavy atom. The average Bonchev–Trinajstić information content (AvgIpc) is 2.30. The van der Waals surface area contributed by atoms with Crippen LogP contribution in [0.3, 0.4) is 0 Å². The Hall–Kier alpha value is -0.130. The SMILES string of the molecule is CCC(C)N(CC)S(=O)(=O)C1CCCNC1. The minimum absolute atomic E-state index is 0.108. The summed E-state index contributed by atoms with van der Waals surface area (Å²) in [6.45, 7) is 8.06. The van der Waals surface area contributed by atoms with Crippen molar-refractivity contribution in [3.05, 3.63) is 0 Å². The number of nitrogens with zero attached hydrogens (tertiary/aromatic N) is 1. The van der Waals surface area contributed by atoms with E-state index in [1.165, 1.54) is 0 Å². The van der Waals surface area contributed by atoms with E-state index in [0.717, 1.165) is 25.8 Å². The summed E-state index contributed by atoms with van der Waals surface area (Å²) in [6.07, 6.45) is 2.62. The van der Waals surface area contributed by atoms with Crippen LogP contribution in [0.4, 0.5) is 0 Å². The molecule has 0 radical (unpaired) electrons. The van der Waals surface area contributed by atoms with Crippen LogP contribution in [-0.4, -0.2) is 43.6 Å². The fourth-order valence-electron chi connectivity index (χ4n) is 2.21. The number of sulfonamides is 1. The lowest BCUT2D eigenvalue weighted by Gasteiger charge is -2.32. The molecule has 1 rings (SSSR count). The Bertz CT molecular complexity index is 297. The standard InChI is InChI=1S/C11H24N2O2S/c1-4-10(3)13(5-2)16(14,15)11-7-6-8-12-9-11/h10-12H,4-9H2,1-3H3. The van der Waals surface area contributed by atoms with Crippen molar-refractivity contribution in [2.24, 2.45) is 0 Å².